The summed E-state index contributed by atoms with van der Waals surface area (Å²) in [6.07, 6.45) is 1.74. The molecule has 1 saturated heterocycles. The fourth-order valence-electron chi connectivity index (χ4n) is 2.74. The summed E-state index contributed by atoms with van der Waals surface area (Å²) in [6, 6.07) is 7.61. The topological polar surface area (TPSA) is 73.5 Å². The monoisotopic (exact) mass is 354 g/mol. The largest absolute Gasteiger partial charge is 0.326 e. The van der Waals surface area contributed by atoms with Gasteiger partial charge in [0.25, 0.3) is 0 Å². The van der Waals surface area contributed by atoms with Crippen molar-refractivity contribution in [3.05, 3.63) is 24.3 Å². The highest BCUT2D eigenvalue weighted by atomic mass is 35.5. The number of halogens is 1. The lowest BCUT2D eigenvalue weighted by molar-refractivity contribution is -0.121. The van der Waals surface area contributed by atoms with E-state index in [1.54, 1.807) is 12.1 Å². The summed E-state index contributed by atoms with van der Waals surface area (Å²) < 4.78 is 0. The van der Waals surface area contributed by atoms with E-state index < -0.39 is 0 Å². The summed E-state index contributed by atoms with van der Waals surface area (Å²) >= 11 is 0. The molecule has 7 heteroatoms. The Bertz CT molecular complexity index is 548. The molecule has 1 heterocycles. The number of hydrogen-bond donors (Lipinski definition) is 3. The van der Waals surface area contributed by atoms with Crippen LogP contribution in [0.15, 0.2) is 24.3 Å². The normalized spacial score (nSPS) is 20.2. The Morgan fingerprint density at radius 3 is 2.29 bits per heavy atom. The van der Waals surface area contributed by atoms with Crippen molar-refractivity contribution in [1.82, 2.24) is 10.2 Å². The fraction of sp³-hybridized carbons (Fsp3) is 0.529. The van der Waals surface area contributed by atoms with Gasteiger partial charge in [0.05, 0.1) is 6.54 Å². The van der Waals surface area contributed by atoms with E-state index in [0.717, 1.165) is 30.8 Å². The van der Waals surface area contributed by atoms with E-state index >= 15 is 0 Å². The third-order valence-corrected chi connectivity index (χ3v) is 3.89. The predicted octanol–water partition coefficient (Wildman–Crippen LogP) is 1.94. The molecule has 0 spiro atoms. The van der Waals surface area contributed by atoms with Crippen molar-refractivity contribution in [3.63, 3.8) is 0 Å². The van der Waals surface area contributed by atoms with Crippen molar-refractivity contribution in [3.8, 4) is 0 Å². The molecular formula is C17H27ClN4O2. The van der Waals surface area contributed by atoms with Crippen LogP contribution in [0.25, 0.3) is 0 Å². The van der Waals surface area contributed by atoms with Gasteiger partial charge in [-0.05, 0) is 64.7 Å². The van der Waals surface area contributed by atoms with Gasteiger partial charge in [0, 0.05) is 23.3 Å². The highest BCUT2D eigenvalue weighted by Crippen LogP contribution is 2.19. The van der Waals surface area contributed by atoms with Crippen LogP contribution in [0.4, 0.5) is 11.4 Å². The second kappa shape index (κ2) is 9.61. The minimum absolute atomic E-state index is 0. The number of nitrogens with one attached hydrogen (secondary N) is 3. The van der Waals surface area contributed by atoms with Crippen molar-refractivity contribution in [1.29, 1.82) is 0 Å². The van der Waals surface area contributed by atoms with Gasteiger partial charge >= 0.3 is 0 Å². The van der Waals surface area contributed by atoms with Gasteiger partial charge in [-0.3, -0.25) is 9.59 Å². The first-order chi connectivity index (χ1) is 10.9. The second-order valence-electron chi connectivity index (χ2n) is 6.43. The minimum Gasteiger partial charge on any atom is -0.326 e. The Morgan fingerprint density at radius 2 is 1.75 bits per heavy atom. The zero-order valence-electron chi connectivity index (χ0n) is 14.5. The molecule has 1 fully saturated rings. The number of rotatable bonds is 5. The van der Waals surface area contributed by atoms with E-state index in [4.69, 9.17) is 0 Å². The van der Waals surface area contributed by atoms with Crippen molar-refractivity contribution in [2.75, 3.05) is 37.8 Å². The summed E-state index contributed by atoms with van der Waals surface area (Å²) in [4.78, 5) is 25.8. The maximum absolute atomic E-state index is 12.3. The van der Waals surface area contributed by atoms with E-state index in [-0.39, 0.29) is 30.1 Å². The molecule has 1 aromatic rings. The first kappa shape index (κ1) is 20.4. The van der Waals surface area contributed by atoms with Gasteiger partial charge < -0.3 is 20.9 Å². The second-order valence-corrected chi connectivity index (χ2v) is 6.43. The standard InChI is InChI=1S/C17H26N4O2.ClH/c1-12-10-13(8-9-18-12)17(23)20-15-6-4-14(5-7-15)19-16(22)11-21(2)3;/h4-7,12-13,18H,8-11H2,1-3H3,(H,19,22)(H,20,23);1H/t12-,13-;/m0./s1. The average molecular weight is 355 g/mol. The molecule has 134 valence electrons. The Labute approximate surface area is 149 Å². The minimum atomic E-state index is -0.0597. The Morgan fingerprint density at radius 1 is 1.17 bits per heavy atom. The fourth-order valence-corrected chi connectivity index (χ4v) is 2.74. The summed E-state index contributed by atoms with van der Waals surface area (Å²) in [7, 11) is 3.69. The maximum Gasteiger partial charge on any atom is 0.238 e. The van der Waals surface area contributed by atoms with E-state index in [9.17, 15) is 9.59 Å². The van der Waals surface area contributed by atoms with Crippen LogP contribution in [0, 0.1) is 5.92 Å². The SMILES string of the molecule is C[C@H]1C[C@@H](C(=O)Nc2ccc(NC(=O)CN(C)C)cc2)CCN1.Cl. The number of piperidine rings is 1. The van der Waals surface area contributed by atoms with Crippen molar-refractivity contribution in [2.45, 2.75) is 25.8 Å². The van der Waals surface area contributed by atoms with Crippen LogP contribution in [0.1, 0.15) is 19.8 Å². The summed E-state index contributed by atoms with van der Waals surface area (Å²) in [5, 5.41) is 9.12. The van der Waals surface area contributed by atoms with E-state index in [1.807, 2.05) is 31.1 Å². The van der Waals surface area contributed by atoms with Gasteiger partial charge in [-0.15, -0.1) is 12.4 Å². The van der Waals surface area contributed by atoms with Gasteiger partial charge in [-0.2, -0.15) is 0 Å². The van der Waals surface area contributed by atoms with Crippen LogP contribution < -0.4 is 16.0 Å². The number of anilines is 2. The smallest absolute Gasteiger partial charge is 0.238 e. The molecule has 24 heavy (non-hydrogen) atoms. The molecule has 0 saturated carbocycles. The number of hydrogen-bond acceptors (Lipinski definition) is 4. The zero-order chi connectivity index (χ0) is 16.8. The molecule has 0 aromatic heterocycles. The molecule has 0 radical (unpaired) electrons. The molecule has 1 aromatic carbocycles. The van der Waals surface area contributed by atoms with Gasteiger partial charge in [0.1, 0.15) is 0 Å². The molecule has 0 aliphatic carbocycles. The molecule has 6 nitrogen and oxygen atoms in total. The number of likely N-dealkylation sites (N-methyl/N-ethyl adjacent to an activating group) is 1. The lowest BCUT2D eigenvalue weighted by atomic mass is 9.92. The molecule has 1 aliphatic rings. The molecule has 2 atom stereocenters. The lowest BCUT2D eigenvalue weighted by Gasteiger charge is -2.27. The number of nitrogens with zero attached hydrogens (tertiary/aromatic N) is 1. The van der Waals surface area contributed by atoms with Crippen LogP contribution in [0.2, 0.25) is 0 Å². The first-order valence-electron chi connectivity index (χ1n) is 8.03. The van der Waals surface area contributed by atoms with Crippen LogP contribution in [-0.2, 0) is 9.59 Å². The van der Waals surface area contributed by atoms with Gasteiger partial charge in [0.2, 0.25) is 11.8 Å². The highest BCUT2D eigenvalue weighted by molar-refractivity contribution is 5.94. The van der Waals surface area contributed by atoms with Crippen LogP contribution in [-0.4, -0.2) is 49.9 Å². The molecule has 2 amide bonds. The molecule has 0 unspecified atom stereocenters. The first-order valence-corrected chi connectivity index (χ1v) is 8.03. The molecule has 0 bridgehead atoms. The Hall–Kier alpha value is -1.63. The van der Waals surface area contributed by atoms with Gasteiger partial charge in [-0.25, -0.2) is 0 Å². The number of carbonyl (C=O) groups excluding carboxylic acids is 2. The third-order valence-electron chi connectivity index (χ3n) is 3.89. The van der Waals surface area contributed by atoms with Crippen LogP contribution in [0.5, 0.6) is 0 Å². The van der Waals surface area contributed by atoms with Crippen LogP contribution >= 0.6 is 12.4 Å². The molecule has 1 aliphatic heterocycles. The zero-order valence-corrected chi connectivity index (χ0v) is 15.3. The Kier molecular flexibility index (Phi) is 8.18. The molecule has 2 rings (SSSR count). The summed E-state index contributed by atoms with van der Waals surface area (Å²) in [5.74, 6) is 0.0731. The summed E-state index contributed by atoms with van der Waals surface area (Å²) in [6.45, 7) is 3.33. The van der Waals surface area contributed by atoms with E-state index in [1.165, 1.54) is 0 Å². The number of amides is 2. The predicted molar refractivity (Wildman–Crippen MR) is 99.7 cm³/mol. The van der Waals surface area contributed by atoms with Gasteiger partial charge in [-0.1, -0.05) is 0 Å². The van der Waals surface area contributed by atoms with Crippen molar-refractivity contribution >= 4 is 35.6 Å². The average Bonchev–Trinajstić information content (AvgIpc) is 2.48. The molecular weight excluding hydrogens is 328 g/mol. The number of carbonyl (C=O) groups is 2. The lowest BCUT2D eigenvalue weighted by Crippen LogP contribution is -2.40. The van der Waals surface area contributed by atoms with Crippen molar-refractivity contribution in [2.24, 2.45) is 5.92 Å². The maximum atomic E-state index is 12.3. The van der Waals surface area contributed by atoms with Crippen LogP contribution in [0.3, 0.4) is 0 Å². The summed E-state index contributed by atoms with van der Waals surface area (Å²) in [5.41, 5.74) is 1.48. The van der Waals surface area contributed by atoms with E-state index in [2.05, 4.69) is 22.9 Å². The quantitative estimate of drug-likeness (QED) is 0.755. The molecule has 3 N–H and O–H groups in total. The van der Waals surface area contributed by atoms with Crippen molar-refractivity contribution < 1.29 is 9.59 Å². The van der Waals surface area contributed by atoms with E-state index in [0.29, 0.717) is 12.6 Å². The third kappa shape index (κ3) is 6.47. The van der Waals surface area contributed by atoms with Gasteiger partial charge in [0.15, 0.2) is 0 Å². The Balaban J connectivity index is 0.00000288. The highest BCUT2D eigenvalue weighted by Gasteiger charge is 2.24. The number of benzene rings is 1.